The summed E-state index contributed by atoms with van der Waals surface area (Å²) in [4.78, 5) is 12.7. The molecule has 0 unspecified atom stereocenters. The molecule has 2 aromatic rings. The van der Waals surface area contributed by atoms with Crippen molar-refractivity contribution in [3.05, 3.63) is 71.1 Å². The molecule has 0 saturated carbocycles. The second kappa shape index (κ2) is 7.02. The van der Waals surface area contributed by atoms with Gasteiger partial charge in [0.25, 0.3) is 0 Å². The molecule has 0 aromatic heterocycles. The van der Waals surface area contributed by atoms with Crippen LogP contribution in [0.4, 0.5) is 5.69 Å². The van der Waals surface area contributed by atoms with Gasteiger partial charge in [0.05, 0.1) is 0 Å². The zero-order valence-corrected chi connectivity index (χ0v) is 11.6. The predicted octanol–water partition coefficient (Wildman–Crippen LogP) is 4.58. The Morgan fingerprint density at radius 3 is 2.42 bits per heavy atom. The monoisotopic (exact) mass is 289 g/mol. The molecule has 0 aliphatic carbocycles. The number of amides is 1. The largest absolute Gasteiger partial charge is 0.322 e. The SMILES string of the molecule is O=C(C=CSc1ccc(Cl)cc1)Nc1ccccc1. The molecule has 4 heteroatoms. The molecule has 0 aliphatic rings. The molecule has 2 rings (SSSR count). The van der Waals surface area contributed by atoms with Gasteiger partial charge < -0.3 is 5.32 Å². The average molecular weight is 290 g/mol. The summed E-state index contributed by atoms with van der Waals surface area (Å²) in [5.74, 6) is -0.146. The predicted molar refractivity (Wildman–Crippen MR) is 81.5 cm³/mol. The van der Waals surface area contributed by atoms with Crippen molar-refractivity contribution < 1.29 is 4.79 Å². The normalized spacial score (nSPS) is 10.6. The first-order valence-electron chi connectivity index (χ1n) is 5.69. The molecule has 2 aromatic carbocycles. The Balaban J connectivity index is 1.85. The van der Waals surface area contributed by atoms with Gasteiger partial charge in [-0.15, -0.1) is 0 Å². The number of carbonyl (C=O) groups is 1. The number of rotatable bonds is 4. The molecular formula is C15H12ClNOS. The van der Waals surface area contributed by atoms with Gasteiger partial charge in [-0.05, 0) is 41.8 Å². The number of nitrogens with one attached hydrogen (secondary N) is 1. The Morgan fingerprint density at radius 2 is 1.74 bits per heavy atom. The number of carbonyl (C=O) groups excluding carboxylic acids is 1. The van der Waals surface area contributed by atoms with Crippen molar-refractivity contribution in [3.63, 3.8) is 0 Å². The highest BCUT2D eigenvalue weighted by Crippen LogP contribution is 2.21. The summed E-state index contributed by atoms with van der Waals surface area (Å²) in [6.45, 7) is 0. The maximum absolute atomic E-state index is 11.6. The third-order valence-corrected chi connectivity index (χ3v) is 3.35. The lowest BCUT2D eigenvalue weighted by atomic mass is 10.3. The number of anilines is 1. The van der Waals surface area contributed by atoms with Crippen LogP contribution in [0.25, 0.3) is 0 Å². The van der Waals surface area contributed by atoms with Gasteiger partial charge in [-0.25, -0.2) is 0 Å². The van der Waals surface area contributed by atoms with E-state index in [2.05, 4.69) is 5.32 Å². The number of benzene rings is 2. The Bertz CT molecular complexity index is 566. The van der Waals surface area contributed by atoms with Gasteiger partial charge in [-0.3, -0.25) is 4.79 Å². The molecule has 0 atom stereocenters. The van der Waals surface area contributed by atoms with Crippen LogP contribution in [0.2, 0.25) is 5.02 Å². The van der Waals surface area contributed by atoms with E-state index in [0.717, 1.165) is 10.6 Å². The van der Waals surface area contributed by atoms with Gasteiger partial charge in [-0.1, -0.05) is 41.6 Å². The van der Waals surface area contributed by atoms with Gasteiger partial charge in [0, 0.05) is 21.7 Å². The average Bonchev–Trinajstić information content (AvgIpc) is 2.42. The Hall–Kier alpha value is -1.71. The molecule has 0 saturated heterocycles. The van der Waals surface area contributed by atoms with Crippen LogP contribution in [-0.4, -0.2) is 5.91 Å². The summed E-state index contributed by atoms with van der Waals surface area (Å²) in [5.41, 5.74) is 0.786. The zero-order valence-electron chi connectivity index (χ0n) is 10.0. The molecule has 0 aliphatic heterocycles. The van der Waals surface area contributed by atoms with E-state index in [0.29, 0.717) is 5.02 Å². The van der Waals surface area contributed by atoms with Crippen LogP contribution in [0.3, 0.4) is 0 Å². The highest BCUT2D eigenvalue weighted by Gasteiger charge is 1.96. The number of hydrogen-bond acceptors (Lipinski definition) is 2. The van der Waals surface area contributed by atoms with Gasteiger partial charge in [0.1, 0.15) is 0 Å². The molecule has 96 valence electrons. The maximum Gasteiger partial charge on any atom is 0.248 e. The third-order valence-electron chi connectivity index (χ3n) is 2.28. The van der Waals surface area contributed by atoms with Crippen LogP contribution in [0.5, 0.6) is 0 Å². The topological polar surface area (TPSA) is 29.1 Å². The van der Waals surface area contributed by atoms with Crippen molar-refractivity contribution in [1.29, 1.82) is 0 Å². The van der Waals surface area contributed by atoms with Crippen molar-refractivity contribution in [1.82, 2.24) is 0 Å². The molecule has 0 fully saturated rings. The maximum atomic E-state index is 11.6. The minimum Gasteiger partial charge on any atom is -0.322 e. The Morgan fingerprint density at radius 1 is 1.05 bits per heavy atom. The quantitative estimate of drug-likeness (QED) is 0.659. The number of thioether (sulfide) groups is 1. The first kappa shape index (κ1) is 13.7. The molecule has 0 spiro atoms. The van der Waals surface area contributed by atoms with Crippen LogP contribution in [0.1, 0.15) is 0 Å². The van der Waals surface area contributed by atoms with Gasteiger partial charge >= 0.3 is 0 Å². The lowest BCUT2D eigenvalue weighted by Gasteiger charge is -2.00. The van der Waals surface area contributed by atoms with Crippen LogP contribution in [0, 0.1) is 0 Å². The Labute approximate surface area is 121 Å². The lowest BCUT2D eigenvalue weighted by Crippen LogP contribution is -2.07. The molecule has 1 amide bonds. The van der Waals surface area contributed by atoms with Crippen molar-refractivity contribution >= 4 is 35.0 Å². The minimum absolute atomic E-state index is 0.146. The van der Waals surface area contributed by atoms with Crippen LogP contribution in [-0.2, 0) is 4.79 Å². The van der Waals surface area contributed by atoms with E-state index in [1.807, 2.05) is 54.6 Å². The summed E-state index contributed by atoms with van der Waals surface area (Å²) < 4.78 is 0. The van der Waals surface area contributed by atoms with Crippen LogP contribution in [0.15, 0.2) is 71.0 Å². The summed E-state index contributed by atoms with van der Waals surface area (Å²) in [5, 5.41) is 5.23. The van der Waals surface area contributed by atoms with Crippen molar-refractivity contribution in [2.24, 2.45) is 0 Å². The van der Waals surface area contributed by atoms with Gasteiger partial charge in [0.2, 0.25) is 5.91 Å². The second-order valence-electron chi connectivity index (χ2n) is 3.73. The summed E-state index contributed by atoms with van der Waals surface area (Å²) in [6, 6.07) is 16.8. The van der Waals surface area contributed by atoms with Crippen molar-refractivity contribution in [2.75, 3.05) is 5.32 Å². The molecular weight excluding hydrogens is 278 g/mol. The van der Waals surface area contributed by atoms with Crippen LogP contribution >= 0.6 is 23.4 Å². The van der Waals surface area contributed by atoms with E-state index in [9.17, 15) is 4.79 Å². The third kappa shape index (κ3) is 4.81. The summed E-state index contributed by atoms with van der Waals surface area (Å²) >= 11 is 7.26. The molecule has 0 radical (unpaired) electrons. The minimum atomic E-state index is -0.146. The fourth-order valence-corrected chi connectivity index (χ4v) is 2.16. The summed E-state index contributed by atoms with van der Waals surface area (Å²) in [7, 11) is 0. The number of para-hydroxylation sites is 1. The molecule has 2 nitrogen and oxygen atoms in total. The first-order valence-corrected chi connectivity index (χ1v) is 6.94. The van der Waals surface area contributed by atoms with Crippen molar-refractivity contribution in [2.45, 2.75) is 4.90 Å². The van der Waals surface area contributed by atoms with Gasteiger partial charge in [0.15, 0.2) is 0 Å². The standard InChI is InChI=1S/C15H12ClNOS/c16-12-6-8-14(9-7-12)19-11-10-15(18)17-13-4-2-1-3-5-13/h1-11H,(H,17,18). The van der Waals surface area contributed by atoms with E-state index in [1.54, 1.807) is 5.41 Å². The highest BCUT2D eigenvalue weighted by atomic mass is 35.5. The molecule has 1 N–H and O–H groups in total. The molecule has 0 heterocycles. The van der Waals surface area contributed by atoms with Crippen molar-refractivity contribution in [3.8, 4) is 0 Å². The second-order valence-corrected chi connectivity index (χ2v) is 5.15. The molecule has 0 bridgehead atoms. The van der Waals surface area contributed by atoms with E-state index >= 15 is 0 Å². The van der Waals surface area contributed by atoms with E-state index in [4.69, 9.17) is 11.6 Å². The number of halogens is 1. The highest BCUT2D eigenvalue weighted by molar-refractivity contribution is 8.02. The van der Waals surface area contributed by atoms with E-state index < -0.39 is 0 Å². The number of hydrogen-bond donors (Lipinski definition) is 1. The summed E-state index contributed by atoms with van der Waals surface area (Å²) in [6.07, 6.45) is 1.51. The zero-order chi connectivity index (χ0) is 13.5. The van der Waals surface area contributed by atoms with Crippen LogP contribution < -0.4 is 5.32 Å². The fraction of sp³-hybridized carbons (Fsp3) is 0. The molecule has 19 heavy (non-hydrogen) atoms. The smallest absolute Gasteiger partial charge is 0.248 e. The fourth-order valence-electron chi connectivity index (χ4n) is 1.39. The lowest BCUT2D eigenvalue weighted by molar-refractivity contribution is -0.111. The Kier molecular flexibility index (Phi) is 5.07. The van der Waals surface area contributed by atoms with E-state index in [1.165, 1.54) is 17.8 Å². The first-order chi connectivity index (χ1) is 9.24. The van der Waals surface area contributed by atoms with E-state index in [-0.39, 0.29) is 5.91 Å². The van der Waals surface area contributed by atoms with Gasteiger partial charge in [-0.2, -0.15) is 0 Å².